The Morgan fingerprint density at radius 1 is 0.842 bits per heavy atom. The number of aliphatic carboxylic acids is 1. The van der Waals surface area contributed by atoms with Gasteiger partial charge in [0, 0.05) is 13.2 Å². The number of amides is 1. The second kappa shape index (κ2) is 19.0. The Kier molecular flexibility index (Phi) is 17.4. The Balaban J connectivity index is 2.32. The molecule has 1 amide bonds. The van der Waals surface area contributed by atoms with Crippen LogP contribution in [0.2, 0.25) is 0 Å². The van der Waals surface area contributed by atoms with E-state index in [-0.39, 0.29) is 17.7 Å². The summed E-state index contributed by atoms with van der Waals surface area (Å²) in [6.45, 7) is 9.13. The summed E-state index contributed by atoms with van der Waals surface area (Å²) in [5.41, 5.74) is -0.0635. The minimum atomic E-state index is -1.44. The second-order valence-electron chi connectivity index (χ2n) is 12.5. The molecule has 6 atom stereocenters. The molecule has 1 saturated carbocycles. The molecule has 8 nitrogen and oxygen atoms in total. The molecule has 1 aliphatic rings. The number of hydrogen-bond acceptors (Lipinski definition) is 6. The van der Waals surface area contributed by atoms with Gasteiger partial charge in [-0.3, -0.25) is 9.59 Å². The first kappa shape index (κ1) is 34.8. The van der Waals surface area contributed by atoms with Crippen LogP contribution in [-0.2, 0) is 14.3 Å². The smallest absolute Gasteiger partial charge is 0.306 e. The molecule has 38 heavy (non-hydrogen) atoms. The third-order valence-electron chi connectivity index (χ3n) is 7.63. The lowest BCUT2D eigenvalue weighted by Gasteiger charge is -2.39. The molecule has 224 valence electrons. The van der Waals surface area contributed by atoms with Gasteiger partial charge in [0.1, 0.15) is 12.2 Å². The quantitative estimate of drug-likeness (QED) is 0.139. The van der Waals surface area contributed by atoms with Gasteiger partial charge in [0.15, 0.2) is 0 Å². The molecule has 0 spiro atoms. The first-order valence-corrected chi connectivity index (χ1v) is 15.1. The maximum Gasteiger partial charge on any atom is 0.306 e. The summed E-state index contributed by atoms with van der Waals surface area (Å²) >= 11 is 0. The molecule has 0 aromatic heterocycles. The van der Waals surface area contributed by atoms with E-state index in [9.17, 15) is 30.0 Å². The Morgan fingerprint density at radius 3 is 1.97 bits per heavy atom. The van der Waals surface area contributed by atoms with Crippen molar-refractivity contribution >= 4 is 11.9 Å². The summed E-state index contributed by atoms with van der Waals surface area (Å²) in [7, 11) is 0. The van der Waals surface area contributed by atoms with Gasteiger partial charge in [-0.1, -0.05) is 91.9 Å². The van der Waals surface area contributed by atoms with Crippen molar-refractivity contribution in [3.05, 3.63) is 0 Å². The van der Waals surface area contributed by atoms with E-state index in [1.54, 1.807) is 0 Å². The van der Waals surface area contributed by atoms with E-state index in [0.717, 1.165) is 19.3 Å². The van der Waals surface area contributed by atoms with Crippen LogP contribution >= 0.6 is 0 Å². The zero-order chi connectivity index (χ0) is 28.6. The third-order valence-corrected chi connectivity index (χ3v) is 7.63. The van der Waals surface area contributed by atoms with Crippen LogP contribution in [0.5, 0.6) is 0 Å². The predicted molar refractivity (Wildman–Crippen MR) is 150 cm³/mol. The molecule has 1 unspecified atom stereocenters. The summed E-state index contributed by atoms with van der Waals surface area (Å²) in [5, 5.41) is 43.4. The minimum Gasteiger partial charge on any atom is -0.481 e. The maximum atomic E-state index is 12.7. The number of carbonyl (C=O) groups excluding carboxylic acids is 1. The average molecular weight is 544 g/mol. The summed E-state index contributed by atoms with van der Waals surface area (Å²) in [6, 6.07) is 0. The molecule has 0 radical (unpaired) electrons. The zero-order valence-electron chi connectivity index (χ0n) is 24.5. The van der Waals surface area contributed by atoms with Gasteiger partial charge in [0.05, 0.1) is 24.0 Å². The van der Waals surface area contributed by atoms with Crippen molar-refractivity contribution in [2.75, 3.05) is 13.2 Å². The number of aliphatic hydroxyl groups excluding tert-OH is 3. The number of aliphatic hydroxyl groups is 3. The van der Waals surface area contributed by atoms with E-state index >= 15 is 0 Å². The molecule has 5 N–H and O–H groups in total. The Bertz CT molecular complexity index is 651. The fourth-order valence-corrected chi connectivity index (χ4v) is 5.35. The lowest BCUT2D eigenvalue weighted by molar-refractivity contribution is -0.179. The van der Waals surface area contributed by atoms with Crippen LogP contribution < -0.4 is 5.32 Å². The number of hydrogen-bond donors (Lipinski definition) is 5. The fourth-order valence-electron chi connectivity index (χ4n) is 5.35. The van der Waals surface area contributed by atoms with Crippen molar-refractivity contribution in [2.24, 2.45) is 17.3 Å². The van der Waals surface area contributed by atoms with E-state index < -0.39 is 42.2 Å². The summed E-state index contributed by atoms with van der Waals surface area (Å²) in [6.07, 6.45) is 9.98. The number of nitrogens with one attached hydrogen (secondary N) is 1. The molecule has 0 saturated heterocycles. The zero-order valence-corrected chi connectivity index (χ0v) is 24.5. The summed E-state index contributed by atoms with van der Waals surface area (Å²) < 4.78 is 5.84. The van der Waals surface area contributed by atoms with Gasteiger partial charge in [0.2, 0.25) is 5.91 Å². The van der Waals surface area contributed by atoms with Crippen molar-refractivity contribution in [3.8, 4) is 0 Å². The van der Waals surface area contributed by atoms with E-state index in [2.05, 4.69) is 12.2 Å². The predicted octanol–water partition coefficient (Wildman–Crippen LogP) is 4.82. The van der Waals surface area contributed by atoms with Gasteiger partial charge in [0.25, 0.3) is 0 Å². The molecule has 1 rings (SSSR count). The van der Waals surface area contributed by atoms with Gasteiger partial charge in [-0.15, -0.1) is 0 Å². The van der Waals surface area contributed by atoms with Crippen LogP contribution in [0.3, 0.4) is 0 Å². The molecule has 8 heteroatoms. The largest absolute Gasteiger partial charge is 0.481 e. The van der Waals surface area contributed by atoms with Gasteiger partial charge in [-0.2, -0.15) is 0 Å². The summed E-state index contributed by atoms with van der Waals surface area (Å²) in [5.74, 6) is -2.43. The maximum absolute atomic E-state index is 12.7. The van der Waals surface area contributed by atoms with E-state index in [1.807, 2.05) is 20.8 Å². The molecular weight excluding hydrogens is 486 g/mol. The fraction of sp³-hybridized carbons (Fsp3) is 0.933. The Morgan fingerprint density at radius 2 is 1.42 bits per heavy atom. The monoisotopic (exact) mass is 543 g/mol. The highest BCUT2D eigenvalue weighted by Gasteiger charge is 2.46. The number of rotatable bonds is 20. The molecule has 0 bridgehead atoms. The standard InChI is InChI=1S/C30H57NO7/c1-5-6-7-8-9-10-11-12-13-16-19-38-24-20-23(25(32)27(34)26(24)33)28(35)31-18-15-14-17-22(29(36)37)21-30(2,3)4/h22-27,32-34H,5-21H2,1-4H3,(H,31,35)(H,36,37)/t22-,23?,24-,25-,26+,27+/m1/s1. The molecule has 0 aliphatic heterocycles. The van der Waals surface area contributed by atoms with E-state index in [0.29, 0.717) is 38.8 Å². The van der Waals surface area contributed by atoms with Crippen LogP contribution in [0.4, 0.5) is 0 Å². The Hall–Kier alpha value is -1.22. The lowest BCUT2D eigenvalue weighted by atomic mass is 9.80. The van der Waals surface area contributed by atoms with Crippen LogP contribution in [0.15, 0.2) is 0 Å². The van der Waals surface area contributed by atoms with Crippen LogP contribution in [-0.4, -0.2) is 69.9 Å². The lowest BCUT2D eigenvalue weighted by Crippen LogP contribution is -2.57. The highest BCUT2D eigenvalue weighted by atomic mass is 16.5. The molecular formula is C30H57NO7. The van der Waals surface area contributed by atoms with Gasteiger partial charge >= 0.3 is 5.97 Å². The van der Waals surface area contributed by atoms with Crippen molar-refractivity contribution in [2.45, 2.75) is 148 Å². The van der Waals surface area contributed by atoms with Crippen LogP contribution in [0, 0.1) is 17.3 Å². The molecule has 1 aliphatic carbocycles. The normalized spacial score (nSPS) is 24.8. The number of unbranched alkanes of at least 4 members (excludes halogenated alkanes) is 10. The van der Waals surface area contributed by atoms with Crippen LogP contribution in [0.25, 0.3) is 0 Å². The first-order valence-electron chi connectivity index (χ1n) is 15.1. The molecule has 1 fully saturated rings. The topological polar surface area (TPSA) is 136 Å². The average Bonchev–Trinajstić information content (AvgIpc) is 2.85. The molecule has 0 aromatic rings. The third kappa shape index (κ3) is 14.2. The van der Waals surface area contributed by atoms with Crippen molar-refractivity contribution in [1.29, 1.82) is 0 Å². The SMILES string of the molecule is CCCCCCCCCCCCO[C@@H]1CC(C(=O)NCCCC[C@H](CC(C)(C)C)C(=O)O)[C@@H](O)[C@H](O)[C@H]1O. The first-order chi connectivity index (χ1) is 18.0. The minimum absolute atomic E-state index is 0.0635. The second-order valence-corrected chi connectivity index (χ2v) is 12.5. The van der Waals surface area contributed by atoms with Gasteiger partial charge in [-0.05, 0) is 37.5 Å². The highest BCUT2D eigenvalue weighted by Crippen LogP contribution is 2.29. The van der Waals surface area contributed by atoms with Crippen molar-refractivity contribution in [1.82, 2.24) is 5.32 Å². The van der Waals surface area contributed by atoms with Crippen molar-refractivity contribution in [3.63, 3.8) is 0 Å². The molecule has 0 heterocycles. The highest BCUT2D eigenvalue weighted by molar-refractivity contribution is 5.79. The van der Waals surface area contributed by atoms with Crippen LogP contribution in [0.1, 0.15) is 124 Å². The van der Waals surface area contributed by atoms with E-state index in [1.165, 1.54) is 44.9 Å². The van der Waals surface area contributed by atoms with E-state index in [4.69, 9.17) is 4.74 Å². The number of carboxylic acid groups (broad SMARTS) is 1. The van der Waals surface area contributed by atoms with Crippen molar-refractivity contribution < 1.29 is 34.8 Å². The number of carboxylic acids is 1. The van der Waals surface area contributed by atoms with Gasteiger partial charge in [-0.25, -0.2) is 0 Å². The number of carbonyl (C=O) groups is 2. The molecule has 0 aromatic carbocycles. The summed E-state index contributed by atoms with van der Waals surface area (Å²) in [4.78, 5) is 24.3. The Labute approximate surface area is 230 Å². The van der Waals surface area contributed by atoms with Gasteiger partial charge < -0.3 is 30.5 Å². The number of ether oxygens (including phenoxy) is 1.